The summed E-state index contributed by atoms with van der Waals surface area (Å²) in [6.45, 7) is 3.28. The van der Waals surface area contributed by atoms with E-state index in [1.807, 2.05) is 0 Å². The Hall–Kier alpha value is -3.82. The molecule has 0 aliphatic rings. The zero-order valence-electron chi connectivity index (χ0n) is 18.2. The quantitative estimate of drug-likeness (QED) is 0.141. The van der Waals surface area contributed by atoms with Crippen LogP contribution in [0.15, 0.2) is 34.3 Å². The van der Waals surface area contributed by atoms with Gasteiger partial charge in [-0.05, 0) is 26.0 Å². The number of esters is 2. The molecule has 0 atom stereocenters. The molecule has 0 saturated carbocycles. The van der Waals surface area contributed by atoms with Crippen LogP contribution in [0.4, 0.5) is 20.0 Å². The number of nitro groups is 2. The molecule has 15 heteroatoms. The summed E-state index contributed by atoms with van der Waals surface area (Å²) in [5.74, 6) is -1.63. The molecule has 0 radical (unpaired) electrons. The van der Waals surface area contributed by atoms with Gasteiger partial charge in [0.25, 0.3) is 0 Å². The number of thiophene rings is 3. The Kier molecular flexibility index (Phi) is 8.51. The van der Waals surface area contributed by atoms with E-state index in [0.717, 1.165) is 34.0 Å². The predicted molar refractivity (Wildman–Crippen MR) is 133 cm³/mol. The molecule has 3 aromatic heterocycles. The first-order valence-electron chi connectivity index (χ1n) is 9.82. The number of hydrogen-bond acceptors (Lipinski definition) is 13. The summed E-state index contributed by atoms with van der Waals surface area (Å²) in [4.78, 5) is 55.7. The van der Waals surface area contributed by atoms with Crippen LogP contribution in [-0.4, -0.2) is 47.4 Å². The van der Waals surface area contributed by atoms with Crippen LogP contribution in [0.5, 0.6) is 0 Å². The molecule has 0 aliphatic carbocycles. The molecule has 0 unspecified atom stereocenters. The van der Waals surface area contributed by atoms with Crippen LogP contribution in [0.25, 0.3) is 0 Å². The van der Waals surface area contributed by atoms with Gasteiger partial charge in [-0.3, -0.25) is 20.2 Å². The summed E-state index contributed by atoms with van der Waals surface area (Å²) in [7, 11) is 0. The lowest BCUT2D eigenvalue weighted by atomic mass is 10.1. The molecular weight excluding hydrogens is 520 g/mol. The van der Waals surface area contributed by atoms with Gasteiger partial charge in [0.2, 0.25) is 0 Å². The number of nitrogens with zero attached hydrogens (tertiary/aromatic N) is 4. The van der Waals surface area contributed by atoms with Gasteiger partial charge in [0.05, 0.1) is 32.8 Å². The van der Waals surface area contributed by atoms with Gasteiger partial charge in [0.15, 0.2) is 0 Å². The van der Waals surface area contributed by atoms with E-state index in [2.05, 4.69) is 9.98 Å². The fourth-order valence-corrected chi connectivity index (χ4v) is 4.99. The van der Waals surface area contributed by atoms with Gasteiger partial charge in [-0.2, -0.15) is 0 Å². The summed E-state index contributed by atoms with van der Waals surface area (Å²) < 4.78 is 10.2. The largest absolute Gasteiger partial charge is 0.462 e. The number of carbonyl (C=O) groups excluding carboxylic acids is 2. The fourth-order valence-electron chi connectivity index (χ4n) is 2.64. The third kappa shape index (κ3) is 6.20. The maximum absolute atomic E-state index is 12.8. The van der Waals surface area contributed by atoms with Crippen LogP contribution in [0.3, 0.4) is 0 Å². The maximum atomic E-state index is 12.8. The number of aliphatic imine (C=N–C) groups is 2. The Morgan fingerprint density at radius 3 is 1.51 bits per heavy atom. The molecule has 0 spiro atoms. The number of hydrogen-bond donors (Lipinski definition) is 0. The molecule has 3 heterocycles. The maximum Gasteiger partial charge on any atom is 0.342 e. The highest BCUT2D eigenvalue weighted by atomic mass is 32.1. The highest BCUT2D eigenvalue weighted by Crippen LogP contribution is 2.43. The van der Waals surface area contributed by atoms with Crippen molar-refractivity contribution in [3.8, 4) is 0 Å². The first-order chi connectivity index (χ1) is 16.7. The zero-order valence-corrected chi connectivity index (χ0v) is 20.6. The van der Waals surface area contributed by atoms with Crippen molar-refractivity contribution in [3.05, 3.63) is 65.4 Å². The van der Waals surface area contributed by atoms with Crippen LogP contribution in [0, 0.1) is 20.2 Å². The van der Waals surface area contributed by atoms with Crippen molar-refractivity contribution in [2.24, 2.45) is 9.98 Å². The van der Waals surface area contributed by atoms with E-state index in [-0.39, 0.29) is 44.3 Å². The monoisotopic (exact) mass is 536 g/mol. The topological polar surface area (TPSA) is 164 Å². The molecule has 0 saturated heterocycles. The molecular formula is C20H16N4O8S3. The lowest BCUT2D eigenvalue weighted by Gasteiger charge is -2.05. The SMILES string of the molecule is CCOC(=O)c1c(/N=C/c2ccc([N+](=O)[O-])s2)sc(/N=C/c2ccc([N+](=O)[O-])s2)c1C(=O)OCC. The number of rotatable bonds is 10. The fraction of sp³-hybridized carbons (Fsp3) is 0.200. The van der Waals surface area contributed by atoms with Crippen LogP contribution < -0.4 is 0 Å². The summed E-state index contributed by atoms with van der Waals surface area (Å²) in [5.41, 5.74) is -0.302. The van der Waals surface area contributed by atoms with Crippen LogP contribution in [0.2, 0.25) is 0 Å². The second-order valence-corrected chi connectivity index (χ2v) is 9.45. The van der Waals surface area contributed by atoms with Crippen molar-refractivity contribution in [1.29, 1.82) is 0 Å². The van der Waals surface area contributed by atoms with E-state index in [4.69, 9.17) is 9.47 Å². The van der Waals surface area contributed by atoms with Gasteiger partial charge in [-0.15, -0.1) is 0 Å². The minimum absolute atomic E-state index is 0.0364. The van der Waals surface area contributed by atoms with Crippen molar-refractivity contribution in [1.82, 2.24) is 0 Å². The summed E-state index contributed by atoms with van der Waals surface area (Å²) in [6.07, 6.45) is 2.66. The van der Waals surface area contributed by atoms with Crippen LogP contribution in [-0.2, 0) is 9.47 Å². The van der Waals surface area contributed by atoms with E-state index in [1.165, 1.54) is 36.7 Å². The van der Waals surface area contributed by atoms with Gasteiger partial charge in [-0.1, -0.05) is 34.0 Å². The molecule has 0 bridgehead atoms. The van der Waals surface area contributed by atoms with Crippen molar-refractivity contribution in [3.63, 3.8) is 0 Å². The van der Waals surface area contributed by atoms with Crippen molar-refractivity contribution in [2.75, 3.05) is 13.2 Å². The van der Waals surface area contributed by atoms with E-state index >= 15 is 0 Å². The first-order valence-corrected chi connectivity index (χ1v) is 12.3. The lowest BCUT2D eigenvalue weighted by molar-refractivity contribution is -0.380. The average molecular weight is 537 g/mol. The molecule has 0 fully saturated rings. The molecule has 3 aromatic rings. The third-order valence-corrected chi connectivity index (χ3v) is 6.98. The molecule has 12 nitrogen and oxygen atoms in total. The molecule has 0 N–H and O–H groups in total. The summed E-state index contributed by atoms with van der Waals surface area (Å²) in [6, 6.07) is 5.65. The normalized spacial score (nSPS) is 11.3. The molecule has 0 amide bonds. The molecule has 3 rings (SSSR count). The summed E-state index contributed by atoms with van der Waals surface area (Å²) in [5, 5.41) is 21.9. The molecule has 35 heavy (non-hydrogen) atoms. The second kappa shape index (κ2) is 11.5. The first kappa shape index (κ1) is 25.8. The van der Waals surface area contributed by atoms with Crippen LogP contribution in [0.1, 0.15) is 44.3 Å². The molecule has 0 aromatic carbocycles. The smallest absolute Gasteiger partial charge is 0.342 e. The lowest BCUT2D eigenvalue weighted by Crippen LogP contribution is -2.12. The predicted octanol–water partition coefficient (Wildman–Crippen LogP) is 5.54. The minimum Gasteiger partial charge on any atom is -0.462 e. The average Bonchev–Trinajstić information content (AvgIpc) is 3.54. The van der Waals surface area contributed by atoms with E-state index in [0.29, 0.717) is 9.75 Å². The Balaban J connectivity index is 2.09. The standard InChI is InChI=1S/C20H16N4O8S3/c1-3-31-19(25)15-16(20(26)32-4-2)18(22-10-12-6-8-14(34-12)24(29)30)35-17(15)21-9-11-5-7-13(33-11)23(27)28/h5-10H,3-4H2,1-2H3/b21-9+,22-10+. The molecule has 182 valence electrons. The summed E-state index contributed by atoms with van der Waals surface area (Å²) >= 11 is 2.68. The second-order valence-electron chi connectivity index (χ2n) is 6.29. The number of ether oxygens (including phenoxy) is 2. The van der Waals surface area contributed by atoms with Crippen molar-refractivity contribution < 1.29 is 28.9 Å². The minimum atomic E-state index is -0.815. The molecule has 0 aliphatic heterocycles. The van der Waals surface area contributed by atoms with Crippen molar-refractivity contribution >= 4 is 78.4 Å². The van der Waals surface area contributed by atoms with Gasteiger partial charge < -0.3 is 9.47 Å². The zero-order chi connectivity index (χ0) is 25.5. The highest BCUT2D eigenvalue weighted by Gasteiger charge is 2.30. The third-order valence-electron chi connectivity index (χ3n) is 4.03. The Morgan fingerprint density at radius 2 is 1.20 bits per heavy atom. The van der Waals surface area contributed by atoms with E-state index < -0.39 is 21.8 Å². The van der Waals surface area contributed by atoms with E-state index in [9.17, 15) is 29.8 Å². The Morgan fingerprint density at radius 1 is 0.800 bits per heavy atom. The van der Waals surface area contributed by atoms with Crippen molar-refractivity contribution in [2.45, 2.75) is 13.8 Å². The Labute approximate surface area is 209 Å². The highest BCUT2D eigenvalue weighted by molar-refractivity contribution is 7.20. The van der Waals surface area contributed by atoms with Gasteiger partial charge >= 0.3 is 21.9 Å². The van der Waals surface area contributed by atoms with Crippen LogP contribution >= 0.6 is 34.0 Å². The van der Waals surface area contributed by atoms with Gasteiger partial charge in [0, 0.05) is 24.6 Å². The van der Waals surface area contributed by atoms with Gasteiger partial charge in [0.1, 0.15) is 21.1 Å². The van der Waals surface area contributed by atoms with E-state index in [1.54, 1.807) is 13.8 Å². The number of carbonyl (C=O) groups is 2. The van der Waals surface area contributed by atoms with Gasteiger partial charge in [-0.25, -0.2) is 19.6 Å². The Bertz CT molecular complexity index is 1240.